The molecule has 0 aliphatic heterocycles. The van der Waals surface area contributed by atoms with Gasteiger partial charge in [-0.1, -0.05) is 35.9 Å². The molecule has 2 aromatic heterocycles. The molecule has 1 aliphatic rings. The summed E-state index contributed by atoms with van der Waals surface area (Å²) >= 11 is 6.16. The zero-order valence-electron chi connectivity index (χ0n) is 15.8. The van der Waals surface area contributed by atoms with E-state index in [1.807, 2.05) is 47.0 Å². The highest BCUT2D eigenvalue weighted by Gasteiger charge is 2.21. The minimum absolute atomic E-state index is 0.208. The number of rotatable bonds is 5. The highest BCUT2D eigenvalue weighted by molar-refractivity contribution is 6.30. The van der Waals surface area contributed by atoms with Crippen LogP contribution in [0.5, 0.6) is 0 Å². The molecule has 0 bridgehead atoms. The highest BCUT2D eigenvalue weighted by atomic mass is 35.5. The number of hydrogen-bond donors (Lipinski definition) is 1. The van der Waals surface area contributed by atoms with Crippen molar-refractivity contribution in [2.75, 3.05) is 11.9 Å². The number of nitrogens with one attached hydrogen (secondary N) is 1. The van der Waals surface area contributed by atoms with Gasteiger partial charge in [0, 0.05) is 34.5 Å². The van der Waals surface area contributed by atoms with Gasteiger partial charge in [-0.2, -0.15) is 9.61 Å². The van der Waals surface area contributed by atoms with Crippen molar-refractivity contribution in [1.82, 2.24) is 14.6 Å². The molecule has 0 atom stereocenters. The van der Waals surface area contributed by atoms with Gasteiger partial charge in [-0.05, 0) is 55.5 Å². The number of nitrogens with zero attached hydrogens (tertiary/aromatic N) is 3. The number of hydrogen-bond acceptors (Lipinski definition) is 3. The Morgan fingerprint density at radius 1 is 1.07 bits per heavy atom. The second-order valence-corrected chi connectivity index (χ2v) is 7.79. The van der Waals surface area contributed by atoms with E-state index >= 15 is 0 Å². The van der Waals surface area contributed by atoms with Crippen molar-refractivity contribution < 1.29 is 4.39 Å². The molecule has 1 N–H and O–H groups in total. The summed E-state index contributed by atoms with van der Waals surface area (Å²) in [7, 11) is 0. The third-order valence-electron chi connectivity index (χ3n) is 5.37. The molecule has 2 heterocycles. The Hall–Kier alpha value is -2.92. The third kappa shape index (κ3) is 3.58. The van der Waals surface area contributed by atoms with Crippen LogP contribution in [0.15, 0.2) is 54.6 Å². The van der Waals surface area contributed by atoms with Crippen LogP contribution in [0.25, 0.3) is 16.9 Å². The van der Waals surface area contributed by atoms with Gasteiger partial charge >= 0.3 is 0 Å². The zero-order valence-corrected chi connectivity index (χ0v) is 16.6. The minimum atomic E-state index is -0.208. The van der Waals surface area contributed by atoms with Crippen LogP contribution in [-0.2, 0) is 19.3 Å². The van der Waals surface area contributed by atoms with E-state index in [0.29, 0.717) is 5.02 Å². The van der Waals surface area contributed by atoms with Gasteiger partial charge in [0.05, 0.1) is 5.69 Å². The first-order valence-corrected chi connectivity index (χ1v) is 10.2. The standard InChI is InChI=1S/C23H20ClFN4/c24-17-4-1-3-16(13-17)21-14-22-27-20-6-2-5-19(20)23(29(22)28-21)26-12-11-15-7-9-18(25)10-8-15/h1,3-4,7-10,13-14,26H,2,5-6,11-12H2. The van der Waals surface area contributed by atoms with Crippen molar-refractivity contribution in [2.45, 2.75) is 25.7 Å². The number of fused-ring (bicyclic) bond motifs is 2. The van der Waals surface area contributed by atoms with Gasteiger partial charge in [0.2, 0.25) is 0 Å². The summed E-state index contributed by atoms with van der Waals surface area (Å²) in [5, 5.41) is 9.08. The molecule has 146 valence electrons. The lowest BCUT2D eigenvalue weighted by atomic mass is 10.1. The van der Waals surface area contributed by atoms with Gasteiger partial charge in [0.15, 0.2) is 5.65 Å². The monoisotopic (exact) mass is 406 g/mol. The van der Waals surface area contributed by atoms with Crippen LogP contribution in [0, 0.1) is 5.82 Å². The van der Waals surface area contributed by atoms with E-state index in [4.69, 9.17) is 21.7 Å². The van der Waals surface area contributed by atoms with E-state index in [1.54, 1.807) is 0 Å². The molecule has 0 fully saturated rings. The number of anilines is 1. The molecule has 0 saturated heterocycles. The van der Waals surface area contributed by atoms with E-state index in [-0.39, 0.29) is 5.82 Å². The van der Waals surface area contributed by atoms with Crippen LogP contribution < -0.4 is 5.32 Å². The zero-order chi connectivity index (χ0) is 19.8. The SMILES string of the molecule is Fc1ccc(CCNc2c3c(nc4cc(-c5cccc(Cl)c5)nn24)CCC3)cc1. The summed E-state index contributed by atoms with van der Waals surface area (Å²) in [6.45, 7) is 0.740. The maximum absolute atomic E-state index is 13.1. The lowest BCUT2D eigenvalue weighted by Crippen LogP contribution is -2.12. The fourth-order valence-electron chi connectivity index (χ4n) is 3.93. The molecule has 2 aromatic carbocycles. The van der Waals surface area contributed by atoms with E-state index in [1.165, 1.54) is 17.7 Å². The fraction of sp³-hybridized carbons (Fsp3) is 0.217. The predicted molar refractivity (Wildman–Crippen MR) is 114 cm³/mol. The van der Waals surface area contributed by atoms with Crippen molar-refractivity contribution in [3.05, 3.63) is 82.3 Å². The molecular formula is C23H20ClFN4. The molecule has 5 rings (SSSR count). The van der Waals surface area contributed by atoms with Crippen molar-refractivity contribution in [3.63, 3.8) is 0 Å². The Morgan fingerprint density at radius 2 is 1.93 bits per heavy atom. The first-order valence-electron chi connectivity index (χ1n) is 9.83. The lowest BCUT2D eigenvalue weighted by Gasteiger charge is -2.13. The normalized spacial score (nSPS) is 13.0. The molecule has 0 spiro atoms. The van der Waals surface area contributed by atoms with Crippen molar-refractivity contribution in [2.24, 2.45) is 0 Å². The van der Waals surface area contributed by atoms with E-state index in [2.05, 4.69) is 5.32 Å². The summed E-state index contributed by atoms with van der Waals surface area (Å²) in [4.78, 5) is 4.85. The molecule has 0 amide bonds. The number of aryl methyl sites for hydroxylation is 1. The largest absolute Gasteiger partial charge is 0.369 e. The van der Waals surface area contributed by atoms with Gasteiger partial charge in [0.25, 0.3) is 0 Å². The number of benzene rings is 2. The summed E-state index contributed by atoms with van der Waals surface area (Å²) in [6.07, 6.45) is 3.92. The van der Waals surface area contributed by atoms with Gasteiger partial charge in [-0.15, -0.1) is 0 Å². The van der Waals surface area contributed by atoms with Crippen LogP contribution in [0.1, 0.15) is 23.2 Å². The lowest BCUT2D eigenvalue weighted by molar-refractivity contribution is 0.627. The van der Waals surface area contributed by atoms with Crippen LogP contribution in [0.2, 0.25) is 5.02 Å². The van der Waals surface area contributed by atoms with Crippen LogP contribution in [0.4, 0.5) is 10.2 Å². The number of halogens is 2. The summed E-state index contributed by atoms with van der Waals surface area (Å²) in [6, 6.07) is 16.4. The van der Waals surface area contributed by atoms with E-state index in [0.717, 1.165) is 66.2 Å². The van der Waals surface area contributed by atoms with Gasteiger partial charge in [-0.25, -0.2) is 9.37 Å². The van der Waals surface area contributed by atoms with Crippen molar-refractivity contribution in [1.29, 1.82) is 0 Å². The Balaban J connectivity index is 1.48. The van der Waals surface area contributed by atoms with E-state index in [9.17, 15) is 4.39 Å². The second kappa shape index (κ2) is 7.48. The first-order chi connectivity index (χ1) is 14.2. The summed E-state index contributed by atoms with van der Waals surface area (Å²) in [5.74, 6) is 0.804. The summed E-state index contributed by atoms with van der Waals surface area (Å²) < 4.78 is 15.0. The van der Waals surface area contributed by atoms with Crippen molar-refractivity contribution in [3.8, 4) is 11.3 Å². The number of aromatic nitrogens is 3. The highest BCUT2D eigenvalue weighted by Crippen LogP contribution is 2.31. The van der Waals surface area contributed by atoms with Gasteiger partial charge in [0.1, 0.15) is 11.6 Å². The third-order valence-corrected chi connectivity index (χ3v) is 5.60. The Morgan fingerprint density at radius 3 is 2.76 bits per heavy atom. The molecule has 0 saturated carbocycles. The quantitative estimate of drug-likeness (QED) is 0.487. The maximum atomic E-state index is 13.1. The van der Waals surface area contributed by atoms with Crippen LogP contribution in [-0.4, -0.2) is 21.1 Å². The Labute approximate surface area is 173 Å². The van der Waals surface area contributed by atoms with Crippen LogP contribution in [0.3, 0.4) is 0 Å². The first kappa shape index (κ1) is 18.1. The molecule has 6 heteroatoms. The van der Waals surface area contributed by atoms with Gasteiger partial charge in [-0.3, -0.25) is 0 Å². The smallest absolute Gasteiger partial charge is 0.158 e. The average Bonchev–Trinajstić information content (AvgIpc) is 3.36. The molecule has 1 aliphatic carbocycles. The average molecular weight is 407 g/mol. The van der Waals surface area contributed by atoms with E-state index < -0.39 is 0 Å². The summed E-state index contributed by atoms with van der Waals surface area (Å²) in [5.41, 5.74) is 6.16. The molecule has 0 unspecified atom stereocenters. The Kier molecular flexibility index (Phi) is 4.68. The molecular weight excluding hydrogens is 387 g/mol. The van der Waals surface area contributed by atoms with Gasteiger partial charge < -0.3 is 5.32 Å². The Bertz CT molecular complexity index is 1180. The molecule has 29 heavy (non-hydrogen) atoms. The van der Waals surface area contributed by atoms with Crippen molar-refractivity contribution >= 4 is 23.1 Å². The minimum Gasteiger partial charge on any atom is -0.369 e. The topological polar surface area (TPSA) is 42.2 Å². The maximum Gasteiger partial charge on any atom is 0.158 e. The molecule has 4 nitrogen and oxygen atoms in total. The molecule has 4 aromatic rings. The predicted octanol–water partition coefficient (Wildman–Crippen LogP) is 5.33. The molecule has 0 radical (unpaired) electrons. The van der Waals surface area contributed by atoms with Crippen LogP contribution >= 0.6 is 11.6 Å². The second-order valence-electron chi connectivity index (χ2n) is 7.35. The fourth-order valence-corrected chi connectivity index (χ4v) is 4.12.